The zero-order valence-electron chi connectivity index (χ0n) is 16.6. The van der Waals surface area contributed by atoms with Gasteiger partial charge in [-0.15, -0.1) is 0 Å². The molecule has 0 radical (unpaired) electrons. The molecular formula is C21H19N3O5S2. The zero-order valence-corrected chi connectivity index (χ0v) is 18.3. The molecule has 2 saturated heterocycles. The van der Waals surface area contributed by atoms with Gasteiger partial charge in [0.05, 0.1) is 35.8 Å². The summed E-state index contributed by atoms with van der Waals surface area (Å²) in [4.78, 5) is 28.0. The molecule has 2 fully saturated rings. The number of carbonyl (C=O) groups is 1. The standard InChI is InChI=1S/C21H19N3O5S2/c1-28-17-5-2-15(3-6-17)23-20(25)19(31-21(23)30)13-14-12-16(24(26)27)4-7-18(14)22-8-10-29-11-9-22/h2-7,12-13H,8-11H2,1H3/b19-13+. The Balaban J connectivity index is 1.69. The van der Waals surface area contributed by atoms with Crippen LogP contribution in [0.1, 0.15) is 5.56 Å². The number of morpholine rings is 1. The van der Waals surface area contributed by atoms with Crippen molar-refractivity contribution in [2.24, 2.45) is 0 Å². The van der Waals surface area contributed by atoms with Gasteiger partial charge < -0.3 is 14.4 Å². The lowest BCUT2D eigenvalue weighted by Crippen LogP contribution is -2.36. The third kappa shape index (κ3) is 4.41. The van der Waals surface area contributed by atoms with Crippen LogP contribution in [0.15, 0.2) is 47.4 Å². The van der Waals surface area contributed by atoms with Gasteiger partial charge in [0.1, 0.15) is 5.75 Å². The van der Waals surface area contributed by atoms with E-state index in [1.54, 1.807) is 43.5 Å². The molecule has 0 atom stereocenters. The summed E-state index contributed by atoms with van der Waals surface area (Å²) in [6.45, 7) is 2.50. The molecule has 0 aromatic heterocycles. The van der Waals surface area contributed by atoms with Crippen molar-refractivity contribution in [2.75, 3.05) is 43.2 Å². The van der Waals surface area contributed by atoms with E-state index >= 15 is 0 Å². The van der Waals surface area contributed by atoms with Crippen LogP contribution in [0.3, 0.4) is 0 Å². The highest BCUT2D eigenvalue weighted by atomic mass is 32.2. The van der Waals surface area contributed by atoms with Gasteiger partial charge in [-0.1, -0.05) is 24.0 Å². The molecule has 4 rings (SSSR count). The van der Waals surface area contributed by atoms with Gasteiger partial charge in [-0.2, -0.15) is 0 Å². The molecule has 160 valence electrons. The number of nitro groups is 1. The first-order valence-electron chi connectivity index (χ1n) is 9.51. The van der Waals surface area contributed by atoms with Gasteiger partial charge in [-0.3, -0.25) is 19.8 Å². The van der Waals surface area contributed by atoms with Crippen LogP contribution >= 0.6 is 24.0 Å². The highest BCUT2D eigenvalue weighted by molar-refractivity contribution is 8.27. The number of nitrogens with zero attached hydrogens (tertiary/aromatic N) is 3. The molecule has 2 heterocycles. The van der Waals surface area contributed by atoms with Gasteiger partial charge in [0, 0.05) is 36.5 Å². The number of amides is 1. The smallest absolute Gasteiger partial charge is 0.270 e. The van der Waals surface area contributed by atoms with Crippen molar-refractivity contribution in [1.29, 1.82) is 0 Å². The summed E-state index contributed by atoms with van der Waals surface area (Å²) in [5.74, 6) is 0.413. The third-order valence-corrected chi connectivity index (χ3v) is 6.29. The Bertz CT molecular complexity index is 1070. The average Bonchev–Trinajstić information content (AvgIpc) is 3.07. The summed E-state index contributed by atoms with van der Waals surface area (Å²) in [5.41, 5.74) is 2.03. The van der Waals surface area contributed by atoms with Crippen LogP contribution in [0.25, 0.3) is 6.08 Å². The quantitative estimate of drug-likeness (QED) is 0.290. The van der Waals surface area contributed by atoms with E-state index in [-0.39, 0.29) is 11.6 Å². The first-order chi connectivity index (χ1) is 15.0. The van der Waals surface area contributed by atoms with E-state index in [4.69, 9.17) is 21.7 Å². The zero-order chi connectivity index (χ0) is 22.0. The fraction of sp³-hybridized carbons (Fsp3) is 0.238. The second kappa shape index (κ2) is 9.04. The maximum absolute atomic E-state index is 13.1. The Morgan fingerprint density at radius 2 is 1.90 bits per heavy atom. The summed E-state index contributed by atoms with van der Waals surface area (Å²) in [7, 11) is 1.57. The number of ether oxygens (including phenoxy) is 2. The van der Waals surface area contributed by atoms with Crippen LogP contribution in [0.5, 0.6) is 5.75 Å². The van der Waals surface area contributed by atoms with Crippen molar-refractivity contribution in [3.63, 3.8) is 0 Å². The van der Waals surface area contributed by atoms with E-state index in [9.17, 15) is 14.9 Å². The number of benzene rings is 2. The molecule has 10 heteroatoms. The third-order valence-electron chi connectivity index (χ3n) is 4.98. The molecule has 2 aliphatic rings. The van der Waals surface area contributed by atoms with Gasteiger partial charge in [0.25, 0.3) is 11.6 Å². The summed E-state index contributed by atoms with van der Waals surface area (Å²) in [6.07, 6.45) is 1.68. The Hall–Kier alpha value is -2.95. The fourth-order valence-electron chi connectivity index (χ4n) is 3.43. The van der Waals surface area contributed by atoms with Crippen LogP contribution in [0, 0.1) is 10.1 Å². The molecule has 0 saturated carbocycles. The predicted octanol–water partition coefficient (Wildman–Crippen LogP) is 3.85. The van der Waals surface area contributed by atoms with E-state index in [0.29, 0.717) is 52.5 Å². The summed E-state index contributed by atoms with van der Waals surface area (Å²) >= 11 is 6.62. The number of carbonyl (C=O) groups excluding carboxylic acids is 1. The number of hydrogen-bond acceptors (Lipinski definition) is 8. The molecule has 2 aliphatic heterocycles. The first-order valence-corrected chi connectivity index (χ1v) is 10.7. The van der Waals surface area contributed by atoms with Crippen molar-refractivity contribution < 1.29 is 19.2 Å². The SMILES string of the molecule is COc1ccc(N2C(=O)/C(=C\c3cc([N+](=O)[O-])ccc3N3CCOCC3)SC2=S)cc1. The molecule has 0 unspecified atom stereocenters. The Kier molecular flexibility index (Phi) is 6.21. The van der Waals surface area contributed by atoms with Crippen molar-refractivity contribution in [2.45, 2.75) is 0 Å². The molecule has 0 bridgehead atoms. The lowest BCUT2D eigenvalue weighted by molar-refractivity contribution is -0.384. The molecule has 0 spiro atoms. The minimum absolute atomic E-state index is 0.0334. The number of thioether (sulfide) groups is 1. The van der Waals surface area contributed by atoms with E-state index in [0.717, 1.165) is 5.69 Å². The van der Waals surface area contributed by atoms with E-state index < -0.39 is 4.92 Å². The number of methoxy groups -OCH3 is 1. The predicted molar refractivity (Wildman–Crippen MR) is 125 cm³/mol. The molecule has 2 aromatic rings. The van der Waals surface area contributed by atoms with Crippen LogP contribution < -0.4 is 14.5 Å². The highest BCUT2D eigenvalue weighted by Crippen LogP contribution is 2.38. The monoisotopic (exact) mass is 457 g/mol. The maximum atomic E-state index is 13.1. The molecule has 0 N–H and O–H groups in total. The largest absolute Gasteiger partial charge is 0.497 e. The normalized spacial score (nSPS) is 18.0. The lowest BCUT2D eigenvalue weighted by atomic mass is 10.1. The molecule has 8 nitrogen and oxygen atoms in total. The summed E-state index contributed by atoms with van der Waals surface area (Å²) in [6, 6.07) is 11.7. The maximum Gasteiger partial charge on any atom is 0.270 e. The fourth-order valence-corrected chi connectivity index (χ4v) is 4.72. The van der Waals surface area contributed by atoms with Crippen molar-refractivity contribution in [1.82, 2.24) is 0 Å². The van der Waals surface area contributed by atoms with Gasteiger partial charge in [-0.25, -0.2) is 0 Å². The van der Waals surface area contributed by atoms with Gasteiger partial charge in [-0.05, 0) is 36.4 Å². The van der Waals surface area contributed by atoms with Crippen LogP contribution in [0.2, 0.25) is 0 Å². The average molecular weight is 458 g/mol. The lowest BCUT2D eigenvalue weighted by Gasteiger charge is -2.30. The molecular weight excluding hydrogens is 438 g/mol. The highest BCUT2D eigenvalue weighted by Gasteiger charge is 2.33. The van der Waals surface area contributed by atoms with Crippen LogP contribution in [-0.4, -0.2) is 48.6 Å². The van der Waals surface area contributed by atoms with Crippen LogP contribution in [0.4, 0.5) is 17.1 Å². The minimum atomic E-state index is -0.441. The van der Waals surface area contributed by atoms with Gasteiger partial charge in [0.2, 0.25) is 0 Å². The molecule has 0 aliphatic carbocycles. The number of rotatable bonds is 5. The van der Waals surface area contributed by atoms with E-state index in [2.05, 4.69) is 4.90 Å². The Labute approximate surface area is 188 Å². The Morgan fingerprint density at radius 1 is 1.19 bits per heavy atom. The van der Waals surface area contributed by atoms with Crippen molar-refractivity contribution >= 4 is 57.3 Å². The second-order valence-electron chi connectivity index (χ2n) is 6.81. The van der Waals surface area contributed by atoms with Gasteiger partial charge >= 0.3 is 0 Å². The first kappa shape index (κ1) is 21.3. The molecule has 1 amide bonds. The number of nitro benzene ring substituents is 1. The van der Waals surface area contributed by atoms with Crippen molar-refractivity contribution in [3.8, 4) is 5.75 Å². The van der Waals surface area contributed by atoms with E-state index in [1.165, 1.54) is 28.8 Å². The Morgan fingerprint density at radius 3 is 2.55 bits per heavy atom. The molecule has 2 aromatic carbocycles. The number of thiocarbonyl (C=S) groups is 1. The van der Waals surface area contributed by atoms with Crippen molar-refractivity contribution in [3.05, 3.63) is 63.0 Å². The summed E-state index contributed by atoms with van der Waals surface area (Å²) < 4.78 is 11.0. The number of non-ortho nitro benzene ring substituents is 1. The van der Waals surface area contributed by atoms with E-state index in [1.807, 2.05) is 0 Å². The van der Waals surface area contributed by atoms with Crippen LogP contribution in [-0.2, 0) is 9.53 Å². The second-order valence-corrected chi connectivity index (χ2v) is 8.49. The number of anilines is 2. The molecule has 31 heavy (non-hydrogen) atoms. The van der Waals surface area contributed by atoms with Gasteiger partial charge in [0.15, 0.2) is 4.32 Å². The topological polar surface area (TPSA) is 85.1 Å². The summed E-state index contributed by atoms with van der Waals surface area (Å²) in [5, 5.41) is 11.3. The minimum Gasteiger partial charge on any atom is -0.497 e. The number of hydrogen-bond donors (Lipinski definition) is 0.